The van der Waals surface area contributed by atoms with E-state index in [1.807, 2.05) is 37.3 Å². The van der Waals surface area contributed by atoms with Gasteiger partial charge in [0.25, 0.3) is 0 Å². The van der Waals surface area contributed by atoms with Crippen LogP contribution >= 0.6 is 0 Å². The van der Waals surface area contributed by atoms with E-state index in [0.717, 1.165) is 18.4 Å². The number of rotatable bonds is 10. The van der Waals surface area contributed by atoms with Crippen LogP contribution in [0.4, 0.5) is 0 Å². The number of amides is 1. The van der Waals surface area contributed by atoms with Crippen molar-refractivity contribution in [2.45, 2.75) is 71.9 Å². The van der Waals surface area contributed by atoms with Crippen molar-refractivity contribution in [3.8, 4) is 0 Å². The molecule has 6 heteroatoms. The van der Waals surface area contributed by atoms with E-state index in [0.29, 0.717) is 6.42 Å². The van der Waals surface area contributed by atoms with Gasteiger partial charge < -0.3 is 14.8 Å². The first kappa shape index (κ1) is 23.7. The summed E-state index contributed by atoms with van der Waals surface area (Å²) in [6.45, 7) is 9.22. The zero-order chi connectivity index (χ0) is 21.2. The summed E-state index contributed by atoms with van der Waals surface area (Å²) in [5.74, 6) is -2.62. The van der Waals surface area contributed by atoms with E-state index in [9.17, 15) is 14.4 Å². The molecule has 0 heterocycles. The van der Waals surface area contributed by atoms with Gasteiger partial charge in [-0.25, -0.2) is 4.79 Å². The number of nitrogens with one attached hydrogen (secondary N) is 1. The Balaban J connectivity index is 2.96. The Kier molecular flexibility index (Phi) is 9.69. The first-order valence-corrected chi connectivity index (χ1v) is 9.91. The van der Waals surface area contributed by atoms with Crippen LogP contribution in [0.3, 0.4) is 0 Å². The van der Waals surface area contributed by atoms with E-state index in [1.165, 1.54) is 0 Å². The highest BCUT2D eigenvalue weighted by Gasteiger charge is 2.33. The van der Waals surface area contributed by atoms with Gasteiger partial charge in [-0.15, -0.1) is 0 Å². The van der Waals surface area contributed by atoms with E-state index in [2.05, 4.69) is 5.32 Å². The molecule has 1 unspecified atom stereocenters. The molecule has 1 aromatic carbocycles. The maximum absolute atomic E-state index is 12.9. The van der Waals surface area contributed by atoms with E-state index < -0.39 is 35.4 Å². The lowest BCUT2D eigenvalue weighted by atomic mass is 9.97. The molecule has 0 aliphatic carbocycles. The number of unbranched alkanes of at least 4 members (excludes halogenated alkanes) is 1. The Morgan fingerprint density at radius 1 is 1.04 bits per heavy atom. The normalized spacial score (nSPS) is 13.3. The average Bonchev–Trinajstić information content (AvgIpc) is 2.62. The molecule has 6 nitrogen and oxygen atoms in total. The van der Waals surface area contributed by atoms with Crippen LogP contribution in [0.25, 0.3) is 0 Å². The minimum atomic E-state index is -1.02. The van der Waals surface area contributed by atoms with Crippen LogP contribution in [0.1, 0.15) is 59.4 Å². The second-order valence-electron chi connectivity index (χ2n) is 7.73. The maximum atomic E-state index is 12.9. The number of benzene rings is 1. The molecular formula is C22H33NO5. The molecule has 0 radical (unpaired) electrons. The highest BCUT2D eigenvalue weighted by atomic mass is 16.6. The molecule has 156 valence electrons. The number of ether oxygens (including phenoxy) is 2. The molecule has 0 aromatic heterocycles. The fourth-order valence-electron chi connectivity index (χ4n) is 2.68. The second-order valence-corrected chi connectivity index (χ2v) is 7.73. The van der Waals surface area contributed by atoms with Crippen molar-refractivity contribution in [2.75, 3.05) is 6.61 Å². The molecule has 0 bridgehead atoms. The summed E-state index contributed by atoms with van der Waals surface area (Å²) in [4.78, 5) is 37.8. The van der Waals surface area contributed by atoms with Crippen molar-refractivity contribution in [1.82, 2.24) is 5.32 Å². The summed E-state index contributed by atoms with van der Waals surface area (Å²) in [5.41, 5.74) is 0.190. The van der Waals surface area contributed by atoms with Crippen LogP contribution in [-0.2, 0) is 30.3 Å². The smallest absolute Gasteiger partial charge is 0.329 e. The lowest BCUT2D eigenvalue weighted by Gasteiger charge is -2.25. The third-order valence-electron chi connectivity index (χ3n) is 4.02. The molecule has 0 saturated heterocycles. The number of hydrogen-bond acceptors (Lipinski definition) is 5. The molecule has 0 aliphatic heterocycles. The van der Waals surface area contributed by atoms with E-state index in [-0.39, 0.29) is 13.0 Å². The van der Waals surface area contributed by atoms with Crippen LogP contribution in [0.2, 0.25) is 0 Å². The van der Waals surface area contributed by atoms with Gasteiger partial charge in [-0.1, -0.05) is 50.1 Å². The molecule has 0 saturated carbocycles. The van der Waals surface area contributed by atoms with Gasteiger partial charge in [-0.3, -0.25) is 9.59 Å². The third kappa shape index (κ3) is 8.55. The molecule has 28 heavy (non-hydrogen) atoms. The van der Waals surface area contributed by atoms with Crippen LogP contribution in [-0.4, -0.2) is 36.1 Å². The molecule has 0 spiro atoms. The van der Waals surface area contributed by atoms with Crippen molar-refractivity contribution in [3.63, 3.8) is 0 Å². The van der Waals surface area contributed by atoms with Crippen molar-refractivity contribution >= 4 is 17.8 Å². The van der Waals surface area contributed by atoms with Crippen molar-refractivity contribution in [3.05, 3.63) is 35.9 Å². The third-order valence-corrected chi connectivity index (χ3v) is 4.02. The van der Waals surface area contributed by atoms with Crippen LogP contribution in [0, 0.1) is 5.92 Å². The van der Waals surface area contributed by atoms with Gasteiger partial charge in [0.05, 0.1) is 6.61 Å². The summed E-state index contributed by atoms with van der Waals surface area (Å²) >= 11 is 0. The lowest BCUT2D eigenvalue weighted by molar-refractivity contribution is -0.161. The zero-order valence-corrected chi connectivity index (χ0v) is 17.6. The largest absolute Gasteiger partial charge is 0.465 e. The van der Waals surface area contributed by atoms with Crippen LogP contribution in [0.5, 0.6) is 0 Å². The molecule has 0 fully saturated rings. The SMILES string of the molecule is CCCC[C@H](NC(=O)C(Cc1ccccc1)C(=O)OCC)C(=O)OC(C)(C)C. The predicted molar refractivity (Wildman–Crippen MR) is 108 cm³/mol. The number of esters is 2. The summed E-state index contributed by atoms with van der Waals surface area (Å²) in [6, 6.07) is 8.47. The molecule has 1 aromatic rings. The highest BCUT2D eigenvalue weighted by Crippen LogP contribution is 2.15. The minimum absolute atomic E-state index is 0.183. The van der Waals surface area contributed by atoms with Gasteiger partial charge in [-0.2, -0.15) is 0 Å². The minimum Gasteiger partial charge on any atom is -0.465 e. The Hall–Kier alpha value is -2.37. The Labute approximate surface area is 168 Å². The van der Waals surface area contributed by atoms with Crippen molar-refractivity contribution in [2.24, 2.45) is 5.92 Å². The Morgan fingerprint density at radius 3 is 2.21 bits per heavy atom. The summed E-state index contributed by atoms with van der Waals surface area (Å²) in [5, 5.41) is 2.72. The maximum Gasteiger partial charge on any atom is 0.329 e. The van der Waals surface area contributed by atoms with Crippen LogP contribution in [0.15, 0.2) is 30.3 Å². The topological polar surface area (TPSA) is 81.7 Å². The van der Waals surface area contributed by atoms with Gasteiger partial charge in [0.2, 0.25) is 5.91 Å². The van der Waals surface area contributed by atoms with E-state index in [1.54, 1.807) is 27.7 Å². The summed E-state index contributed by atoms with van der Waals surface area (Å²) in [7, 11) is 0. The Morgan fingerprint density at radius 2 is 1.68 bits per heavy atom. The van der Waals surface area contributed by atoms with Gasteiger partial charge in [0.15, 0.2) is 0 Å². The van der Waals surface area contributed by atoms with E-state index in [4.69, 9.17) is 9.47 Å². The average molecular weight is 392 g/mol. The Bertz CT molecular complexity index is 636. The molecule has 1 N–H and O–H groups in total. The molecule has 1 rings (SSSR count). The number of hydrogen-bond donors (Lipinski definition) is 1. The first-order chi connectivity index (χ1) is 13.2. The zero-order valence-electron chi connectivity index (χ0n) is 17.6. The fourth-order valence-corrected chi connectivity index (χ4v) is 2.68. The van der Waals surface area contributed by atoms with Gasteiger partial charge in [0.1, 0.15) is 17.6 Å². The molecular weight excluding hydrogens is 358 g/mol. The van der Waals surface area contributed by atoms with Crippen molar-refractivity contribution < 1.29 is 23.9 Å². The monoisotopic (exact) mass is 391 g/mol. The standard InChI is InChI=1S/C22H33NO5/c1-6-8-14-18(21(26)28-22(3,4)5)23-19(24)17(20(25)27-7-2)15-16-12-10-9-11-13-16/h9-13,17-18H,6-8,14-15H2,1-5H3,(H,23,24)/t17?,18-/m0/s1. The lowest BCUT2D eigenvalue weighted by Crippen LogP contribution is -2.48. The first-order valence-electron chi connectivity index (χ1n) is 9.91. The van der Waals surface area contributed by atoms with Gasteiger partial charge >= 0.3 is 11.9 Å². The van der Waals surface area contributed by atoms with Crippen molar-refractivity contribution in [1.29, 1.82) is 0 Å². The van der Waals surface area contributed by atoms with E-state index >= 15 is 0 Å². The van der Waals surface area contributed by atoms with Gasteiger partial charge in [0, 0.05) is 0 Å². The number of carbonyl (C=O) groups is 3. The second kappa shape index (κ2) is 11.5. The van der Waals surface area contributed by atoms with Crippen LogP contribution < -0.4 is 5.32 Å². The molecule has 2 atom stereocenters. The predicted octanol–water partition coefficient (Wildman–Crippen LogP) is 3.43. The number of carbonyl (C=O) groups excluding carboxylic acids is 3. The quantitative estimate of drug-likeness (QED) is 0.488. The summed E-state index contributed by atoms with van der Waals surface area (Å²) < 4.78 is 10.5. The molecule has 0 aliphatic rings. The molecule has 1 amide bonds. The summed E-state index contributed by atoms with van der Waals surface area (Å²) in [6.07, 6.45) is 2.30. The van der Waals surface area contributed by atoms with Gasteiger partial charge in [-0.05, 0) is 46.1 Å². The highest BCUT2D eigenvalue weighted by molar-refractivity contribution is 5.99. The fraction of sp³-hybridized carbons (Fsp3) is 0.591.